The van der Waals surface area contributed by atoms with E-state index in [4.69, 9.17) is 18.9 Å². The zero-order valence-electron chi connectivity index (χ0n) is 14.9. The molecule has 25 heavy (non-hydrogen) atoms. The van der Waals surface area contributed by atoms with Crippen LogP contribution in [0.5, 0.6) is 17.2 Å². The van der Waals surface area contributed by atoms with E-state index in [9.17, 15) is 4.79 Å². The summed E-state index contributed by atoms with van der Waals surface area (Å²) in [5, 5.41) is 0. The molecule has 0 aliphatic carbocycles. The minimum Gasteiger partial charge on any atom is -0.496 e. The van der Waals surface area contributed by atoms with E-state index in [0.717, 1.165) is 11.1 Å². The Balaban J connectivity index is 2.16. The fourth-order valence-electron chi connectivity index (χ4n) is 2.45. The SMILES string of the molecule is CCOC(=O)CCc1cc(OCc2ccccc2)c(OC)cc1OC. The van der Waals surface area contributed by atoms with Crippen LogP contribution in [0, 0.1) is 0 Å². The first-order valence-corrected chi connectivity index (χ1v) is 8.25. The van der Waals surface area contributed by atoms with Crippen LogP contribution in [-0.2, 0) is 22.6 Å². The Kier molecular flexibility index (Phi) is 7.14. The Bertz CT molecular complexity index is 682. The highest BCUT2D eigenvalue weighted by Crippen LogP contribution is 2.36. The van der Waals surface area contributed by atoms with Crippen LogP contribution in [0.4, 0.5) is 0 Å². The first-order valence-electron chi connectivity index (χ1n) is 8.25. The van der Waals surface area contributed by atoms with E-state index in [1.54, 1.807) is 27.2 Å². The van der Waals surface area contributed by atoms with Crippen LogP contribution in [0.3, 0.4) is 0 Å². The highest BCUT2D eigenvalue weighted by Gasteiger charge is 2.14. The maximum Gasteiger partial charge on any atom is 0.306 e. The molecule has 0 radical (unpaired) electrons. The van der Waals surface area contributed by atoms with Gasteiger partial charge in [0.25, 0.3) is 0 Å². The zero-order chi connectivity index (χ0) is 18.1. The van der Waals surface area contributed by atoms with E-state index in [2.05, 4.69) is 0 Å². The first kappa shape index (κ1) is 18.6. The van der Waals surface area contributed by atoms with Gasteiger partial charge in [0.2, 0.25) is 0 Å². The Morgan fingerprint density at radius 1 is 0.960 bits per heavy atom. The molecule has 2 aromatic carbocycles. The van der Waals surface area contributed by atoms with Gasteiger partial charge in [0.15, 0.2) is 11.5 Å². The molecule has 5 heteroatoms. The maximum atomic E-state index is 11.6. The van der Waals surface area contributed by atoms with Gasteiger partial charge in [0.1, 0.15) is 12.4 Å². The summed E-state index contributed by atoms with van der Waals surface area (Å²) in [5.41, 5.74) is 1.94. The van der Waals surface area contributed by atoms with Gasteiger partial charge in [-0.3, -0.25) is 4.79 Å². The third-order valence-corrected chi connectivity index (χ3v) is 3.71. The quantitative estimate of drug-likeness (QED) is 0.648. The van der Waals surface area contributed by atoms with E-state index in [0.29, 0.717) is 36.9 Å². The molecule has 2 aromatic rings. The lowest BCUT2D eigenvalue weighted by molar-refractivity contribution is -0.143. The number of benzene rings is 2. The smallest absolute Gasteiger partial charge is 0.306 e. The molecule has 0 aromatic heterocycles. The van der Waals surface area contributed by atoms with Gasteiger partial charge in [0, 0.05) is 12.5 Å². The van der Waals surface area contributed by atoms with Crippen molar-refractivity contribution in [2.24, 2.45) is 0 Å². The molecule has 0 aliphatic heterocycles. The van der Waals surface area contributed by atoms with E-state index < -0.39 is 0 Å². The minimum absolute atomic E-state index is 0.230. The molecule has 0 saturated heterocycles. The molecule has 0 unspecified atom stereocenters. The second-order valence-corrected chi connectivity index (χ2v) is 5.39. The van der Waals surface area contributed by atoms with Crippen LogP contribution >= 0.6 is 0 Å². The zero-order valence-corrected chi connectivity index (χ0v) is 14.9. The van der Waals surface area contributed by atoms with Crippen LogP contribution in [0.2, 0.25) is 0 Å². The molecule has 0 fully saturated rings. The van der Waals surface area contributed by atoms with Crippen molar-refractivity contribution in [2.45, 2.75) is 26.4 Å². The molecule has 0 amide bonds. The molecular formula is C20H24O5. The molecule has 0 spiro atoms. The molecule has 0 atom stereocenters. The summed E-state index contributed by atoms with van der Waals surface area (Å²) >= 11 is 0. The number of carbonyl (C=O) groups excluding carboxylic acids is 1. The van der Waals surface area contributed by atoms with E-state index in [-0.39, 0.29) is 12.4 Å². The van der Waals surface area contributed by atoms with Gasteiger partial charge in [-0.2, -0.15) is 0 Å². The van der Waals surface area contributed by atoms with Gasteiger partial charge >= 0.3 is 5.97 Å². The summed E-state index contributed by atoms with van der Waals surface area (Å²) in [4.78, 5) is 11.6. The van der Waals surface area contributed by atoms with Crippen molar-refractivity contribution in [3.63, 3.8) is 0 Å². The molecular weight excluding hydrogens is 320 g/mol. The van der Waals surface area contributed by atoms with Crippen molar-refractivity contribution in [2.75, 3.05) is 20.8 Å². The molecule has 0 N–H and O–H groups in total. The van der Waals surface area contributed by atoms with E-state index >= 15 is 0 Å². The number of rotatable bonds is 9. The second kappa shape index (κ2) is 9.57. The lowest BCUT2D eigenvalue weighted by Gasteiger charge is -2.15. The standard InChI is InChI=1S/C20H24O5/c1-4-24-20(21)11-10-16-12-19(18(23-3)13-17(16)22-2)25-14-15-8-6-5-7-9-15/h5-9,12-13H,4,10-11,14H2,1-3H3. The summed E-state index contributed by atoms with van der Waals surface area (Å²) in [6.45, 7) is 2.60. The first-order chi connectivity index (χ1) is 12.2. The molecule has 0 aliphatic rings. The van der Waals surface area contributed by atoms with Crippen molar-refractivity contribution in [1.29, 1.82) is 0 Å². The maximum absolute atomic E-state index is 11.6. The summed E-state index contributed by atoms with van der Waals surface area (Å²) in [7, 11) is 3.18. The monoisotopic (exact) mass is 344 g/mol. The number of hydrogen-bond donors (Lipinski definition) is 0. The minimum atomic E-state index is -0.230. The van der Waals surface area contributed by atoms with E-state index in [1.807, 2.05) is 36.4 Å². The second-order valence-electron chi connectivity index (χ2n) is 5.39. The summed E-state index contributed by atoms with van der Waals surface area (Å²) < 4.78 is 21.7. The van der Waals surface area contributed by atoms with Crippen LogP contribution < -0.4 is 14.2 Å². The molecule has 5 nitrogen and oxygen atoms in total. The van der Waals surface area contributed by atoms with Crippen LogP contribution in [0.1, 0.15) is 24.5 Å². The van der Waals surface area contributed by atoms with Crippen molar-refractivity contribution < 1.29 is 23.7 Å². The third kappa shape index (κ3) is 5.41. The normalized spacial score (nSPS) is 10.2. The average molecular weight is 344 g/mol. The van der Waals surface area contributed by atoms with Crippen molar-refractivity contribution in [3.8, 4) is 17.2 Å². The van der Waals surface area contributed by atoms with Gasteiger partial charge < -0.3 is 18.9 Å². The number of esters is 1. The van der Waals surface area contributed by atoms with Crippen molar-refractivity contribution >= 4 is 5.97 Å². The highest BCUT2D eigenvalue weighted by molar-refractivity contribution is 5.70. The number of ether oxygens (including phenoxy) is 4. The Hall–Kier alpha value is -2.69. The largest absolute Gasteiger partial charge is 0.496 e. The Morgan fingerprint density at radius 2 is 1.68 bits per heavy atom. The van der Waals surface area contributed by atoms with Crippen molar-refractivity contribution in [1.82, 2.24) is 0 Å². The van der Waals surface area contributed by atoms with Crippen LogP contribution in [0.25, 0.3) is 0 Å². The number of methoxy groups -OCH3 is 2. The highest BCUT2D eigenvalue weighted by atomic mass is 16.5. The molecule has 0 heterocycles. The summed E-state index contributed by atoms with van der Waals surface area (Å²) in [6, 6.07) is 13.5. The number of hydrogen-bond acceptors (Lipinski definition) is 5. The fourth-order valence-corrected chi connectivity index (χ4v) is 2.45. The lowest BCUT2D eigenvalue weighted by atomic mass is 10.1. The Morgan fingerprint density at radius 3 is 2.32 bits per heavy atom. The predicted octanol–water partition coefficient (Wildman–Crippen LogP) is 3.78. The lowest BCUT2D eigenvalue weighted by Crippen LogP contribution is -2.06. The van der Waals surface area contributed by atoms with Crippen molar-refractivity contribution in [3.05, 3.63) is 53.6 Å². The summed E-state index contributed by atoms with van der Waals surface area (Å²) in [6.07, 6.45) is 0.794. The molecule has 0 bridgehead atoms. The fraction of sp³-hybridized carbons (Fsp3) is 0.350. The molecule has 0 saturated carbocycles. The Labute approximate surface area is 148 Å². The predicted molar refractivity (Wildman–Crippen MR) is 95.3 cm³/mol. The third-order valence-electron chi connectivity index (χ3n) is 3.71. The van der Waals surface area contributed by atoms with Gasteiger partial charge in [-0.15, -0.1) is 0 Å². The average Bonchev–Trinajstić information content (AvgIpc) is 2.65. The van der Waals surface area contributed by atoms with Gasteiger partial charge in [0.05, 0.1) is 20.8 Å². The van der Waals surface area contributed by atoms with Crippen LogP contribution in [0.15, 0.2) is 42.5 Å². The molecule has 2 rings (SSSR count). The summed E-state index contributed by atoms with van der Waals surface area (Å²) in [5.74, 6) is 1.64. The van der Waals surface area contributed by atoms with Gasteiger partial charge in [-0.25, -0.2) is 0 Å². The number of aryl methyl sites for hydroxylation is 1. The topological polar surface area (TPSA) is 54.0 Å². The molecule has 134 valence electrons. The van der Waals surface area contributed by atoms with E-state index in [1.165, 1.54) is 0 Å². The van der Waals surface area contributed by atoms with Gasteiger partial charge in [-0.1, -0.05) is 30.3 Å². The van der Waals surface area contributed by atoms with Gasteiger partial charge in [-0.05, 0) is 30.5 Å². The van der Waals surface area contributed by atoms with Crippen LogP contribution in [-0.4, -0.2) is 26.8 Å². The number of carbonyl (C=O) groups is 1.